The number of hydrogen-bond acceptors (Lipinski definition) is 6. The van der Waals surface area contributed by atoms with E-state index in [1.807, 2.05) is 6.92 Å². The number of rotatable bonds is 7. The number of carboxylic acids is 1. The Morgan fingerprint density at radius 3 is 2.22 bits per heavy atom. The molecule has 0 saturated carbocycles. The highest BCUT2D eigenvalue weighted by Crippen LogP contribution is 2.05. The van der Waals surface area contributed by atoms with E-state index in [9.17, 15) is 4.79 Å². The van der Waals surface area contributed by atoms with Gasteiger partial charge in [-0.3, -0.25) is 5.73 Å². The Bertz CT molecular complexity index is 238. The van der Waals surface area contributed by atoms with E-state index in [0.717, 1.165) is 6.42 Å². The van der Waals surface area contributed by atoms with Crippen molar-refractivity contribution in [3.05, 3.63) is 12.7 Å². The maximum Gasteiger partial charge on any atom is 0.332 e. The van der Waals surface area contributed by atoms with Crippen LogP contribution in [-0.2, 0) is 4.79 Å². The molecule has 0 heterocycles. The number of carbonyl (C=O) groups is 1. The Balaban J connectivity index is 0. The molecule has 7 heteroatoms. The van der Waals surface area contributed by atoms with E-state index in [-0.39, 0.29) is 0 Å². The fourth-order valence-electron chi connectivity index (χ4n) is 0.979. The normalized spacial score (nSPS) is 14.1. The van der Waals surface area contributed by atoms with Crippen molar-refractivity contribution in [1.29, 1.82) is 0 Å². The summed E-state index contributed by atoms with van der Waals surface area (Å²) in [7, 11) is 0. The lowest BCUT2D eigenvalue weighted by Crippen LogP contribution is -2.57. The summed E-state index contributed by atoms with van der Waals surface area (Å²) in [4.78, 5) is 9.45. The van der Waals surface area contributed by atoms with E-state index in [0.29, 0.717) is 13.0 Å². The zero-order chi connectivity index (χ0) is 14.8. The zero-order valence-corrected chi connectivity index (χ0v) is 10.8. The molecular formula is C11H24N2O5. The van der Waals surface area contributed by atoms with Crippen LogP contribution in [0.1, 0.15) is 26.7 Å². The van der Waals surface area contributed by atoms with Gasteiger partial charge < -0.3 is 25.7 Å². The Hall–Kier alpha value is -0.990. The first-order valence-corrected chi connectivity index (χ1v) is 5.65. The average molecular weight is 264 g/mol. The largest absolute Gasteiger partial charge is 0.479 e. The van der Waals surface area contributed by atoms with E-state index < -0.39 is 24.0 Å². The molecule has 0 radical (unpaired) electrons. The standard InChI is InChI=1S/C8H18N2O2.C3H6O3/c1-3-5-7(8(9,11)12)10-6-4-2;1-2(4)3(5)6/h4,7,10-12H,2-3,5-6,9H2,1H3;2,4H,1H3,(H,5,6). The summed E-state index contributed by atoms with van der Waals surface area (Å²) < 4.78 is 0. The van der Waals surface area contributed by atoms with Gasteiger partial charge in [-0.25, -0.2) is 4.79 Å². The van der Waals surface area contributed by atoms with Gasteiger partial charge in [-0.2, -0.15) is 0 Å². The lowest BCUT2D eigenvalue weighted by atomic mass is 10.1. The number of carboxylic acid groups (broad SMARTS) is 1. The van der Waals surface area contributed by atoms with Gasteiger partial charge in [0.2, 0.25) is 5.91 Å². The number of aliphatic hydroxyl groups is 3. The quantitative estimate of drug-likeness (QED) is 0.256. The minimum atomic E-state index is -2.14. The summed E-state index contributed by atoms with van der Waals surface area (Å²) in [5.74, 6) is -3.33. The van der Waals surface area contributed by atoms with Crippen molar-refractivity contribution in [3.63, 3.8) is 0 Å². The van der Waals surface area contributed by atoms with Crippen molar-refractivity contribution in [2.75, 3.05) is 6.54 Å². The van der Waals surface area contributed by atoms with Gasteiger partial charge in [0.05, 0.1) is 6.04 Å². The highest BCUT2D eigenvalue weighted by atomic mass is 16.5. The number of nitrogens with one attached hydrogen (secondary N) is 1. The molecule has 2 unspecified atom stereocenters. The summed E-state index contributed by atoms with van der Waals surface area (Å²) in [6, 6.07) is -0.500. The van der Waals surface area contributed by atoms with Crippen molar-refractivity contribution < 1.29 is 25.2 Å². The molecule has 18 heavy (non-hydrogen) atoms. The number of nitrogens with two attached hydrogens (primary N) is 1. The molecule has 0 fully saturated rings. The monoisotopic (exact) mass is 264 g/mol. The first-order chi connectivity index (χ1) is 8.16. The lowest BCUT2D eigenvalue weighted by Gasteiger charge is -2.27. The Labute approximate surface area is 107 Å². The van der Waals surface area contributed by atoms with Crippen molar-refractivity contribution in [3.8, 4) is 0 Å². The molecule has 0 saturated heterocycles. The second-order valence-corrected chi connectivity index (χ2v) is 3.84. The van der Waals surface area contributed by atoms with Crippen LogP contribution in [0.3, 0.4) is 0 Å². The maximum atomic E-state index is 9.45. The van der Waals surface area contributed by atoms with Crippen molar-refractivity contribution in [1.82, 2.24) is 5.32 Å². The molecule has 0 aromatic rings. The second-order valence-electron chi connectivity index (χ2n) is 3.84. The molecule has 0 aliphatic rings. The highest BCUT2D eigenvalue weighted by Gasteiger charge is 2.28. The van der Waals surface area contributed by atoms with E-state index in [4.69, 9.17) is 26.2 Å². The molecule has 0 bridgehead atoms. The van der Waals surface area contributed by atoms with E-state index in [1.54, 1.807) is 6.08 Å². The van der Waals surface area contributed by atoms with Gasteiger partial charge >= 0.3 is 5.97 Å². The zero-order valence-electron chi connectivity index (χ0n) is 10.8. The molecule has 7 nitrogen and oxygen atoms in total. The van der Waals surface area contributed by atoms with Crippen LogP contribution in [0.15, 0.2) is 12.7 Å². The molecule has 0 aliphatic heterocycles. The summed E-state index contributed by atoms with van der Waals surface area (Å²) in [6.07, 6.45) is 1.88. The molecule has 0 aromatic carbocycles. The predicted molar refractivity (Wildman–Crippen MR) is 67.6 cm³/mol. The summed E-state index contributed by atoms with van der Waals surface area (Å²) in [5, 5.41) is 36.8. The smallest absolute Gasteiger partial charge is 0.332 e. The fraction of sp³-hybridized carbons (Fsp3) is 0.727. The lowest BCUT2D eigenvalue weighted by molar-refractivity contribution is -0.179. The molecule has 0 aromatic heterocycles. The van der Waals surface area contributed by atoms with Gasteiger partial charge in [0, 0.05) is 6.54 Å². The van der Waals surface area contributed by atoms with Crippen LogP contribution in [0.2, 0.25) is 0 Å². The van der Waals surface area contributed by atoms with Crippen LogP contribution in [0.4, 0.5) is 0 Å². The van der Waals surface area contributed by atoms with Crippen molar-refractivity contribution >= 4 is 5.97 Å². The third kappa shape index (κ3) is 11.5. The first-order valence-electron chi connectivity index (χ1n) is 5.65. The molecule has 0 spiro atoms. The number of aliphatic hydroxyl groups excluding tert-OH is 1. The Kier molecular flexibility index (Phi) is 10.7. The first kappa shape index (κ1) is 19.4. The van der Waals surface area contributed by atoms with Gasteiger partial charge in [0.25, 0.3) is 0 Å². The predicted octanol–water partition coefficient (Wildman–Crippen LogP) is -1.02. The minimum absolute atomic E-state index is 0.500. The Morgan fingerprint density at radius 2 is 2.00 bits per heavy atom. The van der Waals surface area contributed by atoms with E-state index in [2.05, 4.69) is 11.9 Å². The van der Waals surface area contributed by atoms with Crippen LogP contribution >= 0.6 is 0 Å². The van der Waals surface area contributed by atoms with Gasteiger partial charge in [-0.15, -0.1) is 6.58 Å². The topological polar surface area (TPSA) is 136 Å². The summed E-state index contributed by atoms with van der Waals surface area (Å²) in [5.41, 5.74) is 5.12. The Morgan fingerprint density at radius 1 is 1.56 bits per heavy atom. The van der Waals surface area contributed by atoms with E-state index >= 15 is 0 Å². The van der Waals surface area contributed by atoms with Gasteiger partial charge in [-0.1, -0.05) is 19.4 Å². The van der Waals surface area contributed by atoms with Gasteiger partial charge in [0.15, 0.2) is 0 Å². The van der Waals surface area contributed by atoms with Crippen LogP contribution in [0.5, 0.6) is 0 Å². The maximum absolute atomic E-state index is 9.45. The van der Waals surface area contributed by atoms with Crippen LogP contribution in [0.25, 0.3) is 0 Å². The third-order valence-corrected chi connectivity index (χ3v) is 1.96. The molecule has 7 N–H and O–H groups in total. The van der Waals surface area contributed by atoms with Gasteiger partial charge in [-0.05, 0) is 13.3 Å². The average Bonchev–Trinajstić information content (AvgIpc) is 2.23. The summed E-state index contributed by atoms with van der Waals surface area (Å²) in [6.45, 7) is 7.18. The fourth-order valence-corrected chi connectivity index (χ4v) is 0.979. The molecular weight excluding hydrogens is 240 g/mol. The van der Waals surface area contributed by atoms with Crippen molar-refractivity contribution in [2.24, 2.45) is 5.73 Å². The van der Waals surface area contributed by atoms with Crippen LogP contribution in [-0.4, -0.2) is 51.0 Å². The molecule has 0 rings (SSSR count). The van der Waals surface area contributed by atoms with Gasteiger partial charge in [0.1, 0.15) is 6.10 Å². The second kappa shape index (κ2) is 9.98. The van der Waals surface area contributed by atoms with E-state index in [1.165, 1.54) is 6.92 Å². The van der Waals surface area contributed by atoms with Crippen LogP contribution < -0.4 is 11.1 Å². The number of hydrogen-bond donors (Lipinski definition) is 6. The molecule has 0 amide bonds. The molecule has 0 aliphatic carbocycles. The third-order valence-electron chi connectivity index (χ3n) is 1.96. The minimum Gasteiger partial charge on any atom is -0.479 e. The van der Waals surface area contributed by atoms with Crippen LogP contribution in [0, 0.1) is 0 Å². The molecule has 2 atom stereocenters. The summed E-state index contributed by atoms with van der Waals surface area (Å²) >= 11 is 0. The number of aliphatic carboxylic acids is 1. The SMILES string of the molecule is C=CCNC(CCC)C(N)(O)O.CC(O)C(=O)O. The van der Waals surface area contributed by atoms with Crippen molar-refractivity contribution in [2.45, 2.75) is 44.7 Å². The molecule has 108 valence electrons. The highest BCUT2D eigenvalue weighted by molar-refractivity contribution is 5.71.